The SMILES string of the molecule is COc1ccccc1C[C@@H](N)c1ccccc1OC. The third-order valence-electron chi connectivity index (χ3n) is 3.17. The van der Waals surface area contributed by atoms with E-state index >= 15 is 0 Å². The summed E-state index contributed by atoms with van der Waals surface area (Å²) in [6.45, 7) is 0. The van der Waals surface area contributed by atoms with Gasteiger partial charge in [-0.1, -0.05) is 36.4 Å². The molecule has 2 N–H and O–H groups in total. The normalized spacial score (nSPS) is 11.9. The number of benzene rings is 2. The van der Waals surface area contributed by atoms with E-state index in [-0.39, 0.29) is 6.04 Å². The molecule has 0 unspecified atom stereocenters. The predicted octanol–water partition coefficient (Wildman–Crippen LogP) is 2.95. The first-order valence-corrected chi connectivity index (χ1v) is 6.26. The molecule has 2 aromatic rings. The van der Waals surface area contributed by atoms with Crippen molar-refractivity contribution in [2.24, 2.45) is 5.73 Å². The topological polar surface area (TPSA) is 44.5 Å². The van der Waals surface area contributed by atoms with E-state index in [1.54, 1.807) is 14.2 Å². The van der Waals surface area contributed by atoms with Crippen LogP contribution in [0, 0.1) is 0 Å². The molecule has 0 aliphatic rings. The Kier molecular flexibility index (Phi) is 4.42. The van der Waals surface area contributed by atoms with Crippen molar-refractivity contribution in [2.75, 3.05) is 14.2 Å². The van der Waals surface area contributed by atoms with Crippen LogP contribution >= 0.6 is 0 Å². The lowest BCUT2D eigenvalue weighted by molar-refractivity contribution is 0.401. The minimum atomic E-state index is -0.118. The van der Waals surface area contributed by atoms with E-state index < -0.39 is 0 Å². The zero-order valence-electron chi connectivity index (χ0n) is 11.3. The quantitative estimate of drug-likeness (QED) is 0.895. The number of rotatable bonds is 5. The van der Waals surface area contributed by atoms with E-state index in [2.05, 4.69) is 0 Å². The van der Waals surface area contributed by atoms with Gasteiger partial charge in [-0.3, -0.25) is 0 Å². The van der Waals surface area contributed by atoms with Gasteiger partial charge in [0.25, 0.3) is 0 Å². The standard InChI is InChI=1S/C16H19NO2/c1-18-15-9-5-3-7-12(15)11-14(17)13-8-4-6-10-16(13)19-2/h3-10,14H,11,17H2,1-2H3/t14-/m1/s1. The van der Waals surface area contributed by atoms with Crippen LogP contribution in [0.25, 0.3) is 0 Å². The molecule has 0 aliphatic carbocycles. The molecular formula is C16H19NO2. The first-order valence-electron chi connectivity index (χ1n) is 6.26. The monoisotopic (exact) mass is 257 g/mol. The molecule has 0 aromatic heterocycles. The Morgan fingerprint density at radius 2 is 1.47 bits per heavy atom. The van der Waals surface area contributed by atoms with Gasteiger partial charge in [0, 0.05) is 11.6 Å². The van der Waals surface area contributed by atoms with Gasteiger partial charge in [-0.15, -0.1) is 0 Å². The van der Waals surface area contributed by atoms with Crippen molar-refractivity contribution >= 4 is 0 Å². The van der Waals surface area contributed by atoms with Crippen LogP contribution in [0.2, 0.25) is 0 Å². The third-order valence-corrected chi connectivity index (χ3v) is 3.17. The number of para-hydroxylation sites is 2. The molecule has 3 nitrogen and oxygen atoms in total. The lowest BCUT2D eigenvalue weighted by Gasteiger charge is -2.17. The zero-order chi connectivity index (χ0) is 13.7. The molecule has 2 aromatic carbocycles. The summed E-state index contributed by atoms with van der Waals surface area (Å²) in [7, 11) is 3.34. The van der Waals surface area contributed by atoms with Gasteiger partial charge < -0.3 is 15.2 Å². The minimum absolute atomic E-state index is 0.118. The number of hydrogen-bond donors (Lipinski definition) is 1. The van der Waals surface area contributed by atoms with Crippen LogP contribution in [0.4, 0.5) is 0 Å². The summed E-state index contributed by atoms with van der Waals surface area (Å²) in [6.07, 6.45) is 0.713. The van der Waals surface area contributed by atoms with Gasteiger partial charge in [0.15, 0.2) is 0 Å². The van der Waals surface area contributed by atoms with Gasteiger partial charge in [0.2, 0.25) is 0 Å². The maximum Gasteiger partial charge on any atom is 0.123 e. The summed E-state index contributed by atoms with van der Waals surface area (Å²) in [5, 5.41) is 0. The summed E-state index contributed by atoms with van der Waals surface area (Å²) in [4.78, 5) is 0. The lowest BCUT2D eigenvalue weighted by Crippen LogP contribution is -2.14. The summed E-state index contributed by atoms with van der Waals surface area (Å²) in [6, 6.07) is 15.7. The Morgan fingerprint density at radius 3 is 2.16 bits per heavy atom. The zero-order valence-corrected chi connectivity index (χ0v) is 11.3. The Balaban J connectivity index is 2.23. The third kappa shape index (κ3) is 3.06. The molecule has 19 heavy (non-hydrogen) atoms. The molecule has 0 aliphatic heterocycles. The molecular weight excluding hydrogens is 238 g/mol. The first-order chi connectivity index (χ1) is 9.26. The van der Waals surface area contributed by atoms with Crippen LogP contribution in [0.3, 0.4) is 0 Å². The fraction of sp³-hybridized carbons (Fsp3) is 0.250. The Bertz CT molecular complexity index is 540. The fourth-order valence-electron chi connectivity index (χ4n) is 2.19. The Morgan fingerprint density at radius 1 is 0.895 bits per heavy atom. The highest BCUT2D eigenvalue weighted by Gasteiger charge is 2.14. The molecule has 0 bridgehead atoms. The molecule has 0 heterocycles. The van der Waals surface area contributed by atoms with Crippen LogP contribution in [-0.4, -0.2) is 14.2 Å². The Hall–Kier alpha value is -2.00. The van der Waals surface area contributed by atoms with E-state index in [1.807, 2.05) is 48.5 Å². The van der Waals surface area contributed by atoms with Crippen molar-refractivity contribution in [3.63, 3.8) is 0 Å². The maximum atomic E-state index is 6.29. The van der Waals surface area contributed by atoms with Gasteiger partial charge in [0.05, 0.1) is 14.2 Å². The minimum Gasteiger partial charge on any atom is -0.496 e. The van der Waals surface area contributed by atoms with Crippen molar-refractivity contribution in [2.45, 2.75) is 12.5 Å². The fourth-order valence-corrected chi connectivity index (χ4v) is 2.19. The molecule has 0 radical (unpaired) electrons. The average molecular weight is 257 g/mol. The van der Waals surface area contributed by atoms with Crippen molar-refractivity contribution in [1.82, 2.24) is 0 Å². The second kappa shape index (κ2) is 6.25. The predicted molar refractivity (Wildman–Crippen MR) is 76.6 cm³/mol. The second-order valence-electron chi connectivity index (χ2n) is 4.36. The summed E-state index contributed by atoms with van der Waals surface area (Å²) in [5.41, 5.74) is 8.40. The number of ether oxygens (including phenoxy) is 2. The van der Waals surface area contributed by atoms with E-state index in [0.29, 0.717) is 6.42 Å². The van der Waals surface area contributed by atoms with E-state index in [1.165, 1.54) is 0 Å². The maximum absolute atomic E-state index is 6.29. The lowest BCUT2D eigenvalue weighted by atomic mass is 9.98. The van der Waals surface area contributed by atoms with E-state index in [4.69, 9.17) is 15.2 Å². The highest BCUT2D eigenvalue weighted by Crippen LogP contribution is 2.28. The van der Waals surface area contributed by atoms with Crippen LogP contribution in [0.1, 0.15) is 17.2 Å². The smallest absolute Gasteiger partial charge is 0.123 e. The average Bonchev–Trinajstić information content (AvgIpc) is 2.47. The molecule has 0 fully saturated rings. The highest BCUT2D eigenvalue weighted by molar-refractivity contribution is 5.39. The van der Waals surface area contributed by atoms with Crippen LogP contribution in [-0.2, 0) is 6.42 Å². The van der Waals surface area contributed by atoms with Gasteiger partial charge in [-0.05, 0) is 24.1 Å². The van der Waals surface area contributed by atoms with E-state index in [0.717, 1.165) is 22.6 Å². The molecule has 0 spiro atoms. The summed E-state index contributed by atoms with van der Waals surface area (Å²) in [5.74, 6) is 1.69. The molecule has 3 heteroatoms. The van der Waals surface area contributed by atoms with Crippen molar-refractivity contribution in [1.29, 1.82) is 0 Å². The van der Waals surface area contributed by atoms with E-state index in [9.17, 15) is 0 Å². The molecule has 0 amide bonds. The molecule has 100 valence electrons. The summed E-state index contributed by atoms with van der Waals surface area (Å²) < 4.78 is 10.7. The molecule has 0 saturated heterocycles. The molecule has 1 atom stereocenters. The largest absolute Gasteiger partial charge is 0.496 e. The first kappa shape index (κ1) is 13.4. The van der Waals surface area contributed by atoms with Crippen LogP contribution in [0.15, 0.2) is 48.5 Å². The Labute approximate surface area is 114 Å². The highest BCUT2D eigenvalue weighted by atomic mass is 16.5. The number of methoxy groups -OCH3 is 2. The van der Waals surface area contributed by atoms with Gasteiger partial charge in [-0.2, -0.15) is 0 Å². The molecule has 0 saturated carbocycles. The van der Waals surface area contributed by atoms with Gasteiger partial charge >= 0.3 is 0 Å². The van der Waals surface area contributed by atoms with Crippen molar-refractivity contribution in [3.8, 4) is 11.5 Å². The molecule has 2 rings (SSSR count). The van der Waals surface area contributed by atoms with Crippen molar-refractivity contribution < 1.29 is 9.47 Å². The van der Waals surface area contributed by atoms with Gasteiger partial charge in [0.1, 0.15) is 11.5 Å². The van der Waals surface area contributed by atoms with Crippen LogP contribution < -0.4 is 15.2 Å². The second-order valence-corrected chi connectivity index (χ2v) is 4.36. The van der Waals surface area contributed by atoms with Crippen LogP contribution in [0.5, 0.6) is 11.5 Å². The van der Waals surface area contributed by atoms with Gasteiger partial charge in [-0.25, -0.2) is 0 Å². The number of nitrogens with two attached hydrogens (primary N) is 1. The summed E-state index contributed by atoms with van der Waals surface area (Å²) >= 11 is 0. The number of hydrogen-bond acceptors (Lipinski definition) is 3. The van der Waals surface area contributed by atoms with Crippen molar-refractivity contribution in [3.05, 3.63) is 59.7 Å².